The summed E-state index contributed by atoms with van der Waals surface area (Å²) in [7, 11) is 0. The van der Waals surface area contributed by atoms with E-state index in [2.05, 4.69) is 26.5 Å². The van der Waals surface area contributed by atoms with Gasteiger partial charge in [-0.05, 0) is 43.5 Å². The molecule has 0 aliphatic carbocycles. The van der Waals surface area contributed by atoms with E-state index in [0.29, 0.717) is 12.5 Å². The summed E-state index contributed by atoms with van der Waals surface area (Å²) in [6, 6.07) is 11.9. The van der Waals surface area contributed by atoms with Gasteiger partial charge in [0.05, 0.1) is 5.69 Å². The van der Waals surface area contributed by atoms with Crippen molar-refractivity contribution in [1.29, 1.82) is 0 Å². The third-order valence-corrected chi connectivity index (χ3v) is 4.84. The maximum Gasteiger partial charge on any atom is 0.261 e. The van der Waals surface area contributed by atoms with Crippen LogP contribution in [0.15, 0.2) is 36.4 Å². The number of ether oxygens (including phenoxy) is 1. The Hall–Kier alpha value is -2.63. The van der Waals surface area contributed by atoms with Gasteiger partial charge < -0.3 is 15.0 Å². The highest BCUT2D eigenvalue weighted by Gasteiger charge is 2.30. The van der Waals surface area contributed by atoms with Gasteiger partial charge in [-0.2, -0.15) is 5.10 Å². The average Bonchev–Trinajstić information content (AvgIpc) is 2.61. The van der Waals surface area contributed by atoms with Crippen molar-refractivity contribution in [2.24, 2.45) is 5.92 Å². The summed E-state index contributed by atoms with van der Waals surface area (Å²) in [5, 5.41) is 11.3. The van der Waals surface area contributed by atoms with Gasteiger partial charge in [-0.15, -0.1) is 5.10 Å². The zero-order chi connectivity index (χ0) is 17.2. The summed E-state index contributed by atoms with van der Waals surface area (Å²) < 4.78 is 5.84. The lowest BCUT2D eigenvalue weighted by molar-refractivity contribution is -0.128. The zero-order valence-corrected chi connectivity index (χ0v) is 14.3. The Balaban J connectivity index is 1.23. The molecule has 3 heterocycles. The van der Waals surface area contributed by atoms with Crippen LogP contribution < -0.4 is 15.0 Å². The number of benzene rings is 1. The Morgan fingerprint density at radius 3 is 2.88 bits per heavy atom. The molecule has 1 unspecified atom stereocenters. The summed E-state index contributed by atoms with van der Waals surface area (Å²) in [5.74, 6) is 2.17. The molecule has 0 bridgehead atoms. The smallest absolute Gasteiger partial charge is 0.261 e. The number of amides is 1. The Bertz CT molecular complexity index is 756. The molecular weight excluding hydrogens is 316 g/mol. The number of nitrogens with zero attached hydrogens (tertiary/aromatic N) is 3. The van der Waals surface area contributed by atoms with Crippen molar-refractivity contribution in [3.8, 4) is 5.75 Å². The maximum absolute atomic E-state index is 12.4. The van der Waals surface area contributed by atoms with Gasteiger partial charge in [-0.25, -0.2) is 0 Å². The van der Waals surface area contributed by atoms with E-state index in [1.54, 1.807) is 0 Å². The number of aromatic nitrogens is 2. The summed E-state index contributed by atoms with van der Waals surface area (Å²) in [5.41, 5.74) is 2.10. The SMILES string of the molecule is Cc1ccc(N2CC(CNC(=O)C3CCc4ccccc4O3)C2)nn1. The average molecular weight is 338 g/mol. The third-order valence-electron chi connectivity index (χ3n) is 4.84. The van der Waals surface area contributed by atoms with Gasteiger partial charge in [0.1, 0.15) is 5.75 Å². The lowest BCUT2D eigenvalue weighted by Gasteiger charge is -2.40. The molecule has 1 atom stereocenters. The van der Waals surface area contributed by atoms with Gasteiger partial charge in [0.25, 0.3) is 5.91 Å². The van der Waals surface area contributed by atoms with E-state index >= 15 is 0 Å². The molecule has 130 valence electrons. The molecule has 2 aromatic rings. The minimum absolute atomic E-state index is 0.0110. The van der Waals surface area contributed by atoms with Crippen molar-refractivity contribution in [1.82, 2.24) is 15.5 Å². The van der Waals surface area contributed by atoms with Gasteiger partial charge in [-0.3, -0.25) is 4.79 Å². The highest BCUT2D eigenvalue weighted by molar-refractivity contribution is 5.81. The molecule has 6 heteroatoms. The predicted octanol–water partition coefficient (Wildman–Crippen LogP) is 1.73. The lowest BCUT2D eigenvalue weighted by Crippen LogP contribution is -2.53. The highest BCUT2D eigenvalue weighted by Crippen LogP contribution is 2.27. The van der Waals surface area contributed by atoms with Gasteiger partial charge >= 0.3 is 0 Å². The molecule has 1 fully saturated rings. The van der Waals surface area contributed by atoms with Crippen molar-refractivity contribution >= 4 is 11.7 Å². The second-order valence-electron chi connectivity index (χ2n) is 6.80. The molecule has 1 saturated heterocycles. The largest absolute Gasteiger partial charge is 0.480 e. The van der Waals surface area contributed by atoms with E-state index in [1.807, 2.05) is 37.3 Å². The van der Waals surface area contributed by atoms with E-state index in [9.17, 15) is 4.79 Å². The van der Waals surface area contributed by atoms with Crippen molar-refractivity contribution in [3.63, 3.8) is 0 Å². The Labute approximate surface area is 147 Å². The number of aryl methyl sites for hydroxylation is 2. The number of fused-ring (bicyclic) bond motifs is 1. The van der Waals surface area contributed by atoms with E-state index in [1.165, 1.54) is 5.56 Å². The van der Waals surface area contributed by atoms with Crippen molar-refractivity contribution in [2.75, 3.05) is 24.5 Å². The fourth-order valence-corrected chi connectivity index (χ4v) is 3.31. The molecule has 2 aliphatic rings. The number of carbonyl (C=O) groups is 1. The van der Waals surface area contributed by atoms with E-state index < -0.39 is 0 Å². The van der Waals surface area contributed by atoms with Crippen LogP contribution >= 0.6 is 0 Å². The summed E-state index contributed by atoms with van der Waals surface area (Å²) >= 11 is 0. The van der Waals surface area contributed by atoms with Crippen molar-refractivity contribution in [3.05, 3.63) is 47.7 Å². The number of hydrogen-bond acceptors (Lipinski definition) is 5. The molecule has 1 amide bonds. The second kappa shape index (κ2) is 6.70. The van der Waals surface area contributed by atoms with E-state index in [4.69, 9.17) is 4.74 Å². The van der Waals surface area contributed by atoms with Crippen LogP contribution in [0, 0.1) is 12.8 Å². The van der Waals surface area contributed by atoms with Crippen LogP contribution in [-0.4, -0.2) is 41.8 Å². The molecule has 0 spiro atoms. The van der Waals surface area contributed by atoms with Gasteiger partial charge in [0, 0.05) is 25.6 Å². The van der Waals surface area contributed by atoms with Crippen molar-refractivity contribution in [2.45, 2.75) is 25.9 Å². The number of anilines is 1. The lowest BCUT2D eigenvalue weighted by atomic mass is 9.99. The summed E-state index contributed by atoms with van der Waals surface area (Å²) in [6.45, 7) is 4.39. The molecule has 6 nitrogen and oxygen atoms in total. The monoisotopic (exact) mass is 338 g/mol. The third kappa shape index (κ3) is 3.43. The number of carbonyl (C=O) groups excluding carboxylic acids is 1. The van der Waals surface area contributed by atoms with E-state index in [0.717, 1.165) is 43.2 Å². The number of rotatable bonds is 4. The first kappa shape index (κ1) is 15.9. The molecule has 25 heavy (non-hydrogen) atoms. The summed E-state index contributed by atoms with van der Waals surface area (Å²) in [6.07, 6.45) is 1.24. The fraction of sp³-hybridized carbons (Fsp3) is 0.421. The number of hydrogen-bond donors (Lipinski definition) is 1. The minimum Gasteiger partial charge on any atom is -0.480 e. The molecule has 1 aromatic carbocycles. The molecular formula is C19H22N4O2. The molecule has 0 radical (unpaired) electrons. The van der Waals surface area contributed by atoms with Gasteiger partial charge in [0.15, 0.2) is 11.9 Å². The topological polar surface area (TPSA) is 67.4 Å². The highest BCUT2D eigenvalue weighted by atomic mass is 16.5. The fourth-order valence-electron chi connectivity index (χ4n) is 3.31. The van der Waals surface area contributed by atoms with Crippen LogP contribution in [0.2, 0.25) is 0 Å². The molecule has 4 rings (SSSR count). The van der Waals surface area contributed by atoms with Crippen LogP contribution in [0.1, 0.15) is 17.7 Å². The normalized spacial score (nSPS) is 19.6. The van der Waals surface area contributed by atoms with Crippen LogP contribution in [-0.2, 0) is 11.2 Å². The first-order valence-corrected chi connectivity index (χ1v) is 8.76. The molecule has 0 saturated carbocycles. The summed E-state index contributed by atoms with van der Waals surface area (Å²) in [4.78, 5) is 14.5. The first-order chi connectivity index (χ1) is 12.2. The standard InChI is InChI=1S/C19H22N4O2/c1-13-6-9-18(22-21-13)23-11-14(12-23)10-20-19(24)17-8-7-15-4-2-3-5-16(15)25-17/h2-6,9,14,17H,7-8,10-12H2,1H3,(H,20,24). The minimum atomic E-state index is -0.381. The van der Waals surface area contributed by atoms with Crippen LogP contribution in [0.4, 0.5) is 5.82 Å². The zero-order valence-electron chi connectivity index (χ0n) is 14.3. The van der Waals surface area contributed by atoms with Gasteiger partial charge in [-0.1, -0.05) is 18.2 Å². The second-order valence-corrected chi connectivity index (χ2v) is 6.80. The molecule has 1 N–H and O–H groups in total. The molecule has 2 aliphatic heterocycles. The Morgan fingerprint density at radius 2 is 2.08 bits per heavy atom. The number of para-hydroxylation sites is 1. The Kier molecular flexibility index (Phi) is 4.26. The maximum atomic E-state index is 12.4. The first-order valence-electron chi connectivity index (χ1n) is 8.76. The molecule has 1 aromatic heterocycles. The van der Waals surface area contributed by atoms with E-state index in [-0.39, 0.29) is 12.0 Å². The van der Waals surface area contributed by atoms with Gasteiger partial charge in [0.2, 0.25) is 0 Å². The van der Waals surface area contributed by atoms with Crippen molar-refractivity contribution < 1.29 is 9.53 Å². The van der Waals surface area contributed by atoms with Crippen LogP contribution in [0.25, 0.3) is 0 Å². The van der Waals surface area contributed by atoms with Crippen LogP contribution in [0.3, 0.4) is 0 Å². The Morgan fingerprint density at radius 1 is 1.24 bits per heavy atom. The predicted molar refractivity (Wildman–Crippen MR) is 94.7 cm³/mol. The van der Waals surface area contributed by atoms with Crippen LogP contribution in [0.5, 0.6) is 5.75 Å². The number of nitrogens with one attached hydrogen (secondary N) is 1. The quantitative estimate of drug-likeness (QED) is 0.920.